The summed E-state index contributed by atoms with van der Waals surface area (Å²) >= 11 is 0. The van der Waals surface area contributed by atoms with Crippen LogP contribution in [0.2, 0.25) is 0 Å². The summed E-state index contributed by atoms with van der Waals surface area (Å²) in [4.78, 5) is 25.5. The Kier molecular flexibility index (Phi) is 7.10. The van der Waals surface area contributed by atoms with Crippen molar-refractivity contribution in [2.24, 2.45) is 40.4 Å². The van der Waals surface area contributed by atoms with Gasteiger partial charge in [0.15, 0.2) is 0 Å². The van der Waals surface area contributed by atoms with Gasteiger partial charge >= 0.3 is 11.9 Å². The largest absolute Gasteiger partial charge is 0.459 e. The van der Waals surface area contributed by atoms with Crippen LogP contribution in [0.3, 0.4) is 0 Å². The minimum atomic E-state index is -0.193. The molecule has 0 heterocycles. The highest BCUT2D eigenvalue weighted by atomic mass is 16.5. The van der Waals surface area contributed by atoms with E-state index in [2.05, 4.69) is 20.8 Å². The van der Waals surface area contributed by atoms with E-state index >= 15 is 0 Å². The van der Waals surface area contributed by atoms with E-state index in [-0.39, 0.29) is 29.6 Å². The lowest BCUT2D eigenvalue weighted by Gasteiger charge is -2.61. The third kappa shape index (κ3) is 4.72. The summed E-state index contributed by atoms with van der Waals surface area (Å²) in [6.45, 7) is 7.19. The average molecular weight is 529 g/mol. The lowest BCUT2D eigenvalue weighted by molar-refractivity contribution is -0.133. The van der Waals surface area contributed by atoms with Gasteiger partial charge in [0.05, 0.1) is 11.1 Å². The van der Waals surface area contributed by atoms with Gasteiger partial charge < -0.3 is 9.47 Å². The van der Waals surface area contributed by atoms with Crippen LogP contribution in [0.5, 0.6) is 0 Å². The molecule has 4 saturated carbocycles. The average Bonchev–Trinajstić information content (AvgIpc) is 3.31. The Morgan fingerprint density at radius 3 is 2.05 bits per heavy atom. The van der Waals surface area contributed by atoms with Crippen LogP contribution in [0.4, 0.5) is 0 Å². The summed E-state index contributed by atoms with van der Waals surface area (Å²) in [5.41, 5.74) is 1.87. The van der Waals surface area contributed by atoms with Crippen molar-refractivity contribution in [2.45, 2.75) is 90.8 Å². The summed E-state index contributed by atoms with van der Waals surface area (Å²) in [5.74, 6) is 2.91. The minimum Gasteiger partial charge on any atom is -0.459 e. The van der Waals surface area contributed by atoms with Gasteiger partial charge in [-0.15, -0.1) is 0 Å². The normalized spacial score (nSPS) is 38.0. The van der Waals surface area contributed by atoms with Gasteiger partial charge in [-0.2, -0.15) is 0 Å². The molecule has 2 aromatic rings. The highest BCUT2D eigenvalue weighted by molar-refractivity contribution is 5.89. The first kappa shape index (κ1) is 26.6. The molecule has 0 radical (unpaired) electrons. The number of ether oxygens (including phenoxy) is 2. The van der Waals surface area contributed by atoms with E-state index in [9.17, 15) is 9.59 Å². The first-order chi connectivity index (χ1) is 18.8. The van der Waals surface area contributed by atoms with Gasteiger partial charge in [-0.25, -0.2) is 9.59 Å². The van der Waals surface area contributed by atoms with E-state index in [4.69, 9.17) is 9.47 Å². The predicted octanol–water partition coefficient (Wildman–Crippen LogP) is 8.12. The summed E-state index contributed by atoms with van der Waals surface area (Å²) < 4.78 is 12.1. The smallest absolute Gasteiger partial charge is 0.338 e. The van der Waals surface area contributed by atoms with Crippen molar-refractivity contribution in [3.63, 3.8) is 0 Å². The fourth-order valence-corrected chi connectivity index (χ4v) is 9.82. The van der Waals surface area contributed by atoms with E-state index in [1.165, 1.54) is 32.1 Å². The second-order valence-electron chi connectivity index (χ2n) is 13.5. The molecule has 0 N–H and O–H groups in total. The molecule has 0 bridgehead atoms. The molecule has 9 atom stereocenters. The summed E-state index contributed by atoms with van der Waals surface area (Å²) in [5, 5.41) is 0. The van der Waals surface area contributed by atoms with Crippen LogP contribution in [0.25, 0.3) is 0 Å². The van der Waals surface area contributed by atoms with Gasteiger partial charge in [0.1, 0.15) is 12.2 Å². The SMILES string of the molecule is C[C@H](OC(=O)c1ccccc1)[C@H]1CC[C@H]2[C@@H]3CC[C@H]4C[C@@H](OC(=O)c5ccccc5)CC[C@]4(C)[C@H]3CC[C@]12C. The number of rotatable bonds is 5. The van der Waals surface area contributed by atoms with Gasteiger partial charge in [-0.1, -0.05) is 50.2 Å². The van der Waals surface area contributed by atoms with Crippen LogP contribution in [0.1, 0.15) is 99.3 Å². The zero-order valence-corrected chi connectivity index (χ0v) is 23.8. The van der Waals surface area contributed by atoms with E-state index in [0.29, 0.717) is 34.3 Å². The van der Waals surface area contributed by atoms with Crippen LogP contribution < -0.4 is 0 Å². The maximum absolute atomic E-state index is 12.8. The highest BCUT2D eigenvalue weighted by Crippen LogP contribution is 2.68. The fourth-order valence-electron chi connectivity index (χ4n) is 9.82. The molecular formula is C35H44O4. The topological polar surface area (TPSA) is 52.6 Å². The Morgan fingerprint density at radius 2 is 1.36 bits per heavy atom. The minimum absolute atomic E-state index is 0.0391. The number of esters is 2. The van der Waals surface area contributed by atoms with Gasteiger partial charge in [-0.05, 0) is 123 Å². The Balaban J connectivity index is 1.11. The number of hydrogen-bond donors (Lipinski definition) is 0. The molecule has 0 saturated heterocycles. The van der Waals surface area contributed by atoms with Crippen molar-refractivity contribution in [3.8, 4) is 0 Å². The summed E-state index contributed by atoms with van der Waals surface area (Å²) in [6, 6.07) is 18.8. The molecule has 4 heteroatoms. The third-order valence-electron chi connectivity index (χ3n) is 11.8. The van der Waals surface area contributed by atoms with E-state index in [1.807, 2.05) is 60.7 Å². The molecule has 4 aliphatic carbocycles. The van der Waals surface area contributed by atoms with E-state index in [0.717, 1.165) is 37.5 Å². The number of carbonyl (C=O) groups is 2. The van der Waals surface area contributed by atoms with Crippen LogP contribution in [-0.4, -0.2) is 24.1 Å². The number of hydrogen-bond acceptors (Lipinski definition) is 4. The standard InChI is InChI=1S/C35H44O4/c1-23(38-32(36)24-10-6-4-7-11-24)29-16-17-30-28-15-14-26-22-27(39-33(37)25-12-8-5-9-13-25)18-20-34(26,2)31(28)19-21-35(29,30)3/h4-13,23,26-31H,14-22H2,1-3H3/t23-,26-,27-,28-,29+,30-,31-,34-,35+/m0/s1. The number of fused-ring (bicyclic) bond motifs is 5. The Hall–Kier alpha value is -2.62. The monoisotopic (exact) mass is 528 g/mol. The van der Waals surface area contributed by atoms with Gasteiger partial charge in [0.2, 0.25) is 0 Å². The van der Waals surface area contributed by atoms with Crippen LogP contribution in [0.15, 0.2) is 60.7 Å². The molecule has 0 amide bonds. The molecule has 2 aromatic carbocycles. The van der Waals surface area contributed by atoms with Gasteiger partial charge in [-0.3, -0.25) is 0 Å². The molecule has 0 aliphatic heterocycles. The quantitative estimate of drug-likeness (QED) is 0.368. The van der Waals surface area contributed by atoms with Crippen molar-refractivity contribution in [1.29, 1.82) is 0 Å². The van der Waals surface area contributed by atoms with Crippen molar-refractivity contribution in [1.82, 2.24) is 0 Å². The molecule has 0 aromatic heterocycles. The van der Waals surface area contributed by atoms with Crippen LogP contribution in [0, 0.1) is 40.4 Å². The molecule has 0 spiro atoms. The number of carbonyl (C=O) groups excluding carboxylic acids is 2. The second-order valence-corrected chi connectivity index (χ2v) is 13.5. The van der Waals surface area contributed by atoms with E-state index < -0.39 is 0 Å². The summed E-state index contributed by atoms with van der Waals surface area (Å²) in [7, 11) is 0. The van der Waals surface area contributed by atoms with Crippen molar-refractivity contribution >= 4 is 11.9 Å². The van der Waals surface area contributed by atoms with Crippen molar-refractivity contribution in [2.75, 3.05) is 0 Å². The van der Waals surface area contributed by atoms with Gasteiger partial charge in [0, 0.05) is 5.92 Å². The highest BCUT2D eigenvalue weighted by Gasteiger charge is 2.61. The lowest BCUT2D eigenvalue weighted by atomic mass is 9.44. The molecule has 4 fully saturated rings. The maximum atomic E-state index is 12.8. The number of benzene rings is 2. The zero-order chi connectivity index (χ0) is 27.2. The fraction of sp³-hybridized carbons (Fsp3) is 0.600. The lowest BCUT2D eigenvalue weighted by Crippen LogP contribution is -2.54. The Bertz CT molecular complexity index is 1180. The Morgan fingerprint density at radius 1 is 0.744 bits per heavy atom. The van der Waals surface area contributed by atoms with Crippen molar-refractivity contribution in [3.05, 3.63) is 71.8 Å². The molecule has 39 heavy (non-hydrogen) atoms. The zero-order valence-electron chi connectivity index (χ0n) is 23.8. The van der Waals surface area contributed by atoms with Crippen LogP contribution >= 0.6 is 0 Å². The van der Waals surface area contributed by atoms with E-state index in [1.54, 1.807) is 0 Å². The van der Waals surface area contributed by atoms with Crippen molar-refractivity contribution < 1.29 is 19.1 Å². The molecule has 208 valence electrons. The third-order valence-corrected chi connectivity index (χ3v) is 11.8. The first-order valence-electron chi connectivity index (χ1n) is 15.3. The Labute approximate surface area is 233 Å². The van der Waals surface area contributed by atoms with Gasteiger partial charge in [0.25, 0.3) is 0 Å². The molecule has 0 unspecified atom stereocenters. The predicted molar refractivity (Wildman–Crippen MR) is 152 cm³/mol. The molecule has 6 rings (SSSR count). The van der Waals surface area contributed by atoms with Crippen LogP contribution in [-0.2, 0) is 9.47 Å². The second kappa shape index (κ2) is 10.4. The summed E-state index contributed by atoms with van der Waals surface area (Å²) in [6.07, 6.45) is 10.6. The molecule has 4 aliphatic rings. The maximum Gasteiger partial charge on any atom is 0.338 e. The molecular weight excluding hydrogens is 484 g/mol. The first-order valence-corrected chi connectivity index (χ1v) is 15.3. The molecule has 4 nitrogen and oxygen atoms in total.